The van der Waals surface area contributed by atoms with Crippen LogP contribution in [-0.4, -0.2) is 29.0 Å². The molecule has 0 saturated carbocycles. The Labute approximate surface area is 145 Å². The predicted molar refractivity (Wildman–Crippen MR) is 97.7 cm³/mol. The largest absolute Gasteiger partial charge is 0.481 e. The van der Waals surface area contributed by atoms with Gasteiger partial charge in [0, 0.05) is 11.3 Å². The van der Waals surface area contributed by atoms with Crippen LogP contribution in [-0.2, 0) is 4.79 Å². The van der Waals surface area contributed by atoms with E-state index in [1.165, 1.54) is 6.21 Å². The Hall–Kier alpha value is -2.93. The third-order valence-electron chi connectivity index (χ3n) is 2.95. The Morgan fingerprint density at radius 1 is 1.25 bits per heavy atom. The van der Waals surface area contributed by atoms with Crippen LogP contribution in [0.4, 0.5) is 5.69 Å². The first kappa shape index (κ1) is 17.4. The van der Waals surface area contributed by atoms with Gasteiger partial charge < -0.3 is 15.2 Å². The maximum atomic E-state index is 10.6. The van der Waals surface area contributed by atoms with Crippen LogP contribution in [0.2, 0.25) is 0 Å². The van der Waals surface area contributed by atoms with Crippen LogP contribution < -0.4 is 15.5 Å². The zero-order valence-electron chi connectivity index (χ0n) is 13.0. The molecular formula is C17H17N3O3S. The van der Waals surface area contributed by atoms with Crippen molar-refractivity contribution >= 4 is 35.2 Å². The van der Waals surface area contributed by atoms with Gasteiger partial charge in [0.2, 0.25) is 0 Å². The molecule has 7 heteroatoms. The zero-order chi connectivity index (χ0) is 17.4. The van der Waals surface area contributed by atoms with E-state index in [-0.39, 0.29) is 0 Å². The summed E-state index contributed by atoms with van der Waals surface area (Å²) in [5.41, 5.74) is 5.37. The number of thiocarbonyl (C=S) groups is 1. The number of hydrazone groups is 1. The standard InChI is InChI=1S/C17H17N3O3S/c1-12-6-8-14(9-7-12)19-17(24)20-18-10-13-4-2-3-5-15(13)23-11-16(21)22/h2-10H,11H2,1H3,(H,21,22)(H2,19,20,24)/b18-10-. The molecule has 0 heterocycles. The summed E-state index contributed by atoms with van der Waals surface area (Å²) in [6.07, 6.45) is 1.51. The molecule has 0 atom stereocenters. The molecule has 2 aromatic rings. The van der Waals surface area contributed by atoms with Crippen molar-refractivity contribution in [3.8, 4) is 5.75 Å². The van der Waals surface area contributed by atoms with Gasteiger partial charge in [-0.1, -0.05) is 29.8 Å². The lowest BCUT2D eigenvalue weighted by Gasteiger charge is -2.08. The fraction of sp³-hybridized carbons (Fsp3) is 0.118. The maximum Gasteiger partial charge on any atom is 0.341 e. The Kier molecular flexibility index (Phi) is 6.27. The van der Waals surface area contributed by atoms with E-state index >= 15 is 0 Å². The predicted octanol–water partition coefficient (Wildman–Crippen LogP) is 2.78. The molecule has 0 fully saturated rings. The summed E-state index contributed by atoms with van der Waals surface area (Å²) >= 11 is 5.16. The normalized spacial score (nSPS) is 10.4. The minimum atomic E-state index is -1.04. The third kappa shape index (κ3) is 5.69. The first-order valence-electron chi connectivity index (χ1n) is 7.15. The summed E-state index contributed by atoms with van der Waals surface area (Å²) < 4.78 is 5.20. The van der Waals surface area contributed by atoms with E-state index < -0.39 is 12.6 Å². The van der Waals surface area contributed by atoms with Crippen LogP contribution >= 0.6 is 12.2 Å². The molecule has 0 aromatic heterocycles. The maximum absolute atomic E-state index is 10.6. The van der Waals surface area contributed by atoms with Crippen LogP contribution in [0.15, 0.2) is 53.6 Å². The number of aliphatic carboxylic acids is 1. The molecule has 2 aromatic carbocycles. The molecule has 0 aliphatic carbocycles. The summed E-state index contributed by atoms with van der Waals surface area (Å²) in [6, 6.07) is 14.8. The second kappa shape index (κ2) is 8.64. The van der Waals surface area contributed by atoms with Gasteiger partial charge in [0.05, 0.1) is 6.21 Å². The van der Waals surface area contributed by atoms with Crippen molar-refractivity contribution in [1.29, 1.82) is 0 Å². The number of para-hydroxylation sites is 1. The van der Waals surface area contributed by atoms with Crippen LogP contribution in [0, 0.1) is 6.92 Å². The quantitative estimate of drug-likeness (QED) is 0.425. The fourth-order valence-corrected chi connectivity index (χ4v) is 1.99. The lowest BCUT2D eigenvalue weighted by Crippen LogP contribution is -2.23. The Balaban J connectivity index is 1.92. The molecule has 24 heavy (non-hydrogen) atoms. The molecule has 0 saturated heterocycles. The molecule has 0 amide bonds. The number of hydrogen-bond donors (Lipinski definition) is 3. The van der Waals surface area contributed by atoms with E-state index in [2.05, 4.69) is 15.8 Å². The van der Waals surface area contributed by atoms with Crippen molar-refractivity contribution in [2.24, 2.45) is 5.10 Å². The van der Waals surface area contributed by atoms with E-state index in [0.29, 0.717) is 16.4 Å². The molecule has 0 bridgehead atoms. The molecule has 0 aliphatic heterocycles. The number of carboxylic acids is 1. The van der Waals surface area contributed by atoms with E-state index in [0.717, 1.165) is 11.3 Å². The van der Waals surface area contributed by atoms with Crippen LogP contribution in [0.5, 0.6) is 5.75 Å². The van der Waals surface area contributed by atoms with E-state index in [1.54, 1.807) is 24.3 Å². The SMILES string of the molecule is Cc1ccc(NC(=S)N/N=C\c2ccccc2OCC(=O)O)cc1. The Morgan fingerprint density at radius 3 is 2.67 bits per heavy atom. The highest BCUT2D eigenvalue weighted by atomic mass is 32.1. The minimum absolute atomic E-state index is 0.346. The summed E-state index contributed by atoms with van der Waals surface area (Å²) in [7, 11) is 0. The van der Waals surface area contributed by atoms with Gasteiger partial charge in [-0.05, 0) is 43.4 Å². The van der Waals surface area contributed by atoms with Crippen molar-refractivity contribution in [2.75, 3.05) is 11.9 Å². The van der Waals surface area contributed by atoms with Crippen molar-refractivity contribution in [2.45, 2.75) is 6.92 Å². The second-order valence-corrected chi connectivity index (χ2v) is 5.32. The average Bonchev–Trinajstić information content (AvgIpc) is 2.56. The van der Waals surface area contributed by atoms with E-state index in [1.807, 2.05) is 31.2 Å². The lowest BCUT2D eigenvalue weighted by molar-refractivity contribution is -0.139. The highest BCUT2D eigenvalue weighted by Crippen LogP contribution is 2.15. The number of anilines is 1. The summed E-state index contributed by atoms with van der Waals surface area (Å²) in [6.45, 7) is 1.60. The minimum Gasteiger partial charge on any atom is -0.481 e. The highest BCUT2D eigenvalue weighted by molar-refractivity contribution is 7.80. The molecule has 2 rings (SSSR count). The number of carbonyl (C=O) groups is 1. The number of nitrogens with one attached hydrogen (secondary N) is 2. The van der Waals surface area contributed by atoms with E-state index in [9.17, 15) is 4.79 Å². The van der Waals surface area contributed by atoms with Gasteiger partial charge in [0.1, 0.15) is 5.75 Å². The average molecular weight is 343 g/mol. The Morgan fingerprint density at radius 2 is 1.96 bits per heavy atom. The number of nitrogens with zero attached hydrogens (tertiary/aromatic N) is 1. The number of benzene rings is 2. The number of rotatable bonds is 6. The summed E-state index contributed by atoms with van der Waals surface area (Å²) in [4.78, 5) is 10.6. The zero-order valence-corrected chi connectivity index (χ0v) is 13.8. The number of ether oxygens (including phenoxy) is 1. The van der Waals surface area contributed by atoms with E-state index in [4.69, 9.17) is 22.1 Å². The molecule has 0 aliphatic rings. The van der Waals surface area contributed by atoms with Gasteiger partial charge in [-0.15, -0.1) is 0 Å². The molecule has 0 spiro atoms. The lowest BCUT2D eigenvalue weighted by atomic mass is 10.2. The van der Waals surface area contributed by atoms with Crippen molar-refractivity contribution in [1.82, 2.24) is 5.43 Å². The summed E-state index contributed by atoms with van der Waals surface area (Å²) in [5.74, 6) is -0.605. The van der Waals surface area contributed by atoms with Crippen molar-refractivity contribution < 1.29 is 14.6 Å². The van der Waals surface area contributed by atoms with Crippen LogP contribution in [0.3, 0.4) is 0 Å². The fourth-order valence-electron chi connectivity index (χ4n) is 1.81. The van der Waals surface area contributed by atoms with Gasteiger partial charge in [0.15, 0.2) is 11.7 Å². The number of aryl methyl sites for hydroxylation is 1. The van der Waals surface area contributed by atoms with Gasteiger partial charge in [-0.25, -0.2) is 4.79 Å². The van der Waals surface area contributed by atoms with Gasteiger partial charge >= 0.3 is 5.97 Å². The topological polar surface area (TPSA) is 83.0 Å². The molecule has 6 nitrogen and oxygen atoms in total. The number of hydrogen-bond acceptors (Lipinski definition) is 4. The first-order chi connectivity index (χ1) is 11.5. The van der Waals surface area contributed by atoms with Gasteiger partial charge in [0.25, 0.3) is 0 Å². The van der Waals surface area contributed by atoms with Gasteiger partial charge in [-0.3, -0.25) is 5.43 Å². The molecule has 0 radical (unpaired) electrons. The Bertz CT molecular complexity index is 745. The molecule has 0 unspecified atom stereocenters. The van der Waals surface area contributed by atoms with Crippen LogP contribution in [0.25, 0.3) is 0 Å². The molecular weight excluding hydrogens is 326 g/mol. The number of carboxylic acid groups (broad SMARTS) is 1. The van der Waals surface area contributed by atoms with Crippen LogP contribution in [0.1, 0.15) is 11.1 Å². The second-order valence-electron chi connectivity index (χ2n) is 4.91. The van der Waals surface area contributed by atoms with Crippen molar-refractivity contribution in [3.63, 3.8) is 0 Å². The smallest absolute Gasteiger partial charge is 0.341 e. The monoisotopic (exact) mass is 343 g/mol. The third-order valence-corrected chi connectivity index (χ3v) is 3.14. The molecule has 3 N–H and O–H groups in total. The highest BCUT2D eigenvalue weighted by Gasteiger charge is 2.03. The molecule has 124 valence electrons. The first-order valence-corrected chi connectivity index (χ1v) is 7.56. The van der Waals surface area contributed by atoms with Crippen molar-refractivity contribution in [3.05, 3.63) is 59.7 Å². The summed E-state index contributed by atoms with van der Waals surface area (Å²) in [5, 5.41) is 16.1. The van der Waals surface area contributed by atoms with Gasteiger partial charge in [-0.2, -0.15) is 5.10 Å².